The first kappa shape index (κ1) is 12.5. The van der Waals surface area contributed by atoms with Crippen LogP contribution in [0, 0.1) is 5.92 Å². The van der Waals surface area contributed by atoms with Gasteiger partial charge in [-0.1, -0.05) is 32.8 Å². The number of carbonyl (C=O) groups excluding carboxylic acids is 1. The Kier molecular flexibility index (Phi) is 5.67. The second-order valence-electron chi connectivity index (χ2n) is 4.63. The van der Waals surface area contributed by atoms with Crippen molar-refractivity contribution in [2.45, 2.75) is 65.2 Å². The highest BCUT2D eigenvalue weighted by molar-refractivity contribution is 5.95. The van der Waals surface area contributed by atoms with Crippen molar-refractivity contribution in [1.82, 2.24) is 0 Å². The molecule has 1 fully saturated rings. The van der Waals surface area contributed by atoms with Crippen LogP contribution < -0.4 is 0 Å². The van der Waals surface area contributed by atoms with E-state index in [9.17, 15) is 4.79 Å². The molecule has 1 aliphatic rings. The molecule has 0 aromatic carbocycles. The minimum absolute atomic E-state index is 0.413. The Labute approximate surface area is 93.9 Å². The highest BCUT2D eigenvalue weighted by Crippen LogP contribution is 2.24. The first-order valence-electron chi connectivity index (χ1n) is 6.51. The van der Waals surface area contributed by atoms with Gasteiger partial charge >= 0.3 is 0 Å². The van der Waals surface area contributed by atoms with Gasteiger partial charge in [0, 0.05) is 6.42 Å². The third kappa shape index (κ3) is 4.19. The van der Waals surface area contributed by atoms with Crippen LogP contribution >= 0.6 is 0 Å². The summed E-state index contributed by atoms with van der Waals surface area (Å²) in [4.78, 5) is 11.7. The average molecular weight is 208 g/mol. The lowest BCUT2D eigenvalue weighted by atomic mass is 9.88. The number of allylic oxidation sites excluding steroid dienone is 2. The van der Waals surface area contributed by atoms with Gasteiger partial charge in [-0.05, 0) is 43.6 Å². The zero-order chi connectivity index (χ0) is 11.1. The van der Waals surface area contributed by atoms with Gasteiger partial charge in [0.05, 0.1) is 0 Å². The van der Waals surface area contributed by atoms with Crippen LogP contribution in [-0.4, -0.2) is 5.78 Å². The predicted octanol–water partition coefficient (Wildman–Crippen LogP) is 4.27. The van der Waals surface area contributed by atoms with Gasteiger partial charge in [0.2, 0.25) is 0 Å². The van der Waals surface area contributed by atoms with Crippen molar-refractivity contribution < 1.29 is 4.79 Å². The third-order valence-corrected chi connectivity index (χ3v) is 3.35. The van der Waals surface area contributed by atoms with E-state index in [2.05, 4.69) is 19.9 Å². The molecular formula is C14H24O. The minimum atomic E-state index is 0.413. The summed E-state index contributed by atoms with van der Waals surface area (Å²) in [5, 5.41) is 0. The lowest BCUT2D eigenvalue weighted by Gasteiger charge is -2.16. The molecule has 1 atom stereocenters. The van der Waals surface area contributed by atoms with Crippen molar-refractivity contribution in [1.29, 1.82) is 0 Å². The zero-order valence-electron chi connectivity index (χ0n) is 10.2. The number of unbranched alkanes of at least 4 members (excludes halogenated alkanes) is 1. The molecule has 0 heterocycles. The van der Waals surface area contributed by atoms with Crippen molar-refractivity contribution in [2.75, 3.05) is 0 Å². The van der Waals surface area contributed by atoms with Gasteiger partial charge < -0.3 is 0 Å². The van der Waals surface area contributed by atoms with E-state index < -0.39 is 0 Å². The predicted molar refractivity (Wildman–Crippen MR) is 64.9 cm³/mol. The molecule has 1 saturated carbocycles. The maximum Gasteiger partial charge on any atom is 0.158 e. The normalized spacial score (nSPS) is 22.0. The van der Waals surface area contributed by atoms with E-state index in [4.69, 9.17) is 0 Å². The van der Waals surface area contributed by atoms with Gasteiger partial charge in [0.15, 0.2) is 5.78 Å². The molecule has 0 amide bonds. The van der Waals surface area contributed by atoms with Crippen LogP contribution in [0.2, 0.25) is 0 Å². The fraction of sp³-hybridized carbons (Fsp3) is 0.786. The van der Waals surface area contributed by atoms with Gasteiger partial charge in [0.25, 0.3) is 0 Å². The molecule has 0 spiro atoms. The fourth-order valence-electron chi connectivity index (χ4n) is 2.23. The van der Waals surface area contributed by atoms with E-state index in [1.54, 1.807) is 0 Å². The Hall–Kier alpha value is -0.590. The van der Waals surface area contributed by atoms with Crippen molar-refractivity contribution in [2.24, 2.45) is 5.92 Å². The number of hydrogen-bond donors (Lipinski definition) is 0. The van der Waals surface area contributed by atoms with E-state index in [0.29, 0.717) is 11.7 Å². The maximum absolute atomic E-state index is 11.7. The van der Waals surface area contributed by atoms with Crippen LogP contribution in [0.15, 0.2) is 11.6 Å². The molecule has 0 radical (unpaired) electrons. The van der Waals surface area contributed by atoms with Gasteiger partial charge in [0.1, 0.15) is 0 Å². The van der Waals surface area contributed by atoms with Gasteiger partial charge in [-0.15, -0.1) is 0 Å². The van der Waals surface area contributed by atoms with Crippen molar-refractivity contribution in [3.8, 4) is 0 Å². The summed E-state index contributed by atoms with van der Waals surface area (Å²) in [5.41, 5.74) is 1.13. The summed E-state index contributed by atoms with van der Waals surface area (Å²) in [6.45, 7) is 4.45. The average Bonchev–Trinajstić information content (AvgIpc) is 2.26. The summed E-state index contributed by atoms with van der Waals surface area (Å²) in [6, 6.07) is 0. The monoisotopic (exact) mass is 208 g/mol. The Morgan fingerprint density at radius 2 is 2.00 bits per heavy atom. The topological polar surface area (TPSA) is 17.1 Å². The molecule has 86 valence electrons. The van der Waals surface area contributed by atoms with Crippen LogP contribution in [0.3, 0.4) is 0 Å². The van der Waals surface area contributed by atoms with Crippen molar-refractivity contribution >= 4 is 5.78 Å². The second kappa shape index (κ2) is 6.81. The van der Waals surface area contributed by atoms with Crippen LogP contribution in [0.1, 0.15) is 65.2 Å². The molecule has 1 heteroatoms. The van der Waals surface area contributed by atoms with Crippen LogP contribution in [0.5, 0.6) is 0 Å². The van der Waals surface area contributed by atoms with E-state index in [0.717, 1.165) is 24.8 Å². The fourth-order valence-corrected chi connectivity index (χ4v) is 2.23. The number of hydrogen-bond acceptors (Lipinski definition) is 1. The summed E-state index contributed by atoms with van der Waals surface area (Å²) in [7, 11) is 0. The Morgan fingerprint density at radius 3 is 2.60 bits per heavy atom. The van der Waals surface area contributed by atoms with Crippen LogP contribution in [0.25, 0.3) is 0 Å². The minimum Gasteiger partial charge on any atom is -0.295 e. The number of Topliss-reactive ketones (excluding diaryl/α,β-unsaturated/α-hetero) is 1. The standard InChI is InChI=1S/C14H24O/c1-3-5-8-12(4-2)11-13-9-6-7-10-14(13)15/h11-12H,3-10H2,1-2H3/b13-11-/t12-/m0/s1. The van der Waals surface area contributed by atoms with Crippen LogP contribution in [-0.2, 0) is 4.79 Å². The van der Waals surface area contributed by atoms with E-state index in [1.807, 2.05) is 0 Å². The Morgan fingerprint density at radius 1 is 1.27 bits per heavy atom. The smallest absolute Gasteiger partial charge is 0.158 e. The van der Waals surface area contributed by atoms with Crippen LogP contribution in [0.4, 0.5) is 0 Å². The molecule has 15 heavy (non-hydrogen) atoms. The van der Waals surface area contributed by atoms with Gasteiger partial charge in [-0.2, -0.15) is 0 Å². The third-order valence-electron chi connectivity index (χ3n) is 3.35. The molecule has 0 aromatic heterocycles. The molecular weight excluding hydrogens is 184 g/mol. The molecule has 1 aliphatic carbocycles. The molecule has 0 unspecified atom stereocenters. The lowest BCUT2D eigenvalue weighted by Crippen LogP contribution is -2.10. The second-order valence-corrected chi connectivity index (χ2v) is 4.63. The largest absolute Gasteiger partial charge is 0.295 e. The molecule has 0 aromatic rings. The van der Waals surface area contributed by atoms with Crippen molar-refractivity contribution in [3.63, 3.8) is 0 Å². The molecule has 0 N–H and O–H groups in total. The molecule has 0 aliphatic heterocycles. The highest BCUT2D eigenvalue weighted by Gasteiger charge is 2.16. The van der Waals surface area contributed by atoms with Crippen molar-refractivity contribution in [3.05, 3.63) is 11.6 Å². The lowest BCUT2D eigenvalue weighted by molar-refractivity contribution is -0.116. The Balaban J connectivity index is 2.52. The molecule has 0 bridgehead atoms. The number of carbonyl (C=O) groups is 1. The summed E-state index contributed by atoms with van der Waals surface area (Å²) in [6.07, 6.45) is 11.4. The van der Waals surface area contributed by atoms with Gasteiger partial charge in [-0.3, -0.25) is 4.79 Å². The summed E-state index contributed by atoms with van der Waals surface area (Å²) in [5.74, 6) is 1.05. The Bertz CT molecular complexity index is 227. The number of ketones is 1. The molecule has 1 rings (SSSR count). The van der Waals surface area contributed by atoms with E-state index in [-0.39, 0.29) is 0 Å². The first-order chi connectivity index (χ1) is 7.27. The SMILES string of the molecule is CCCC[C@@H](/C=C1/CCCCC1=O)CC. The highest BCUT2D eigenvalue weighted by atomic mass is 16.1. The maximum atomic E-state index is 11.7. The van der Waals surface area contributed by atoms with E-state index in [1.165, 1.54) is 32.1 Å². The molecule has 1 nitrogen and oxygen atoms in total. The van der Waals surface area contributed by atoms with E-state index >= 15 is 0 Å². The number of rotatable bonds is 5. The first-order valence-corrected chi connectivity index (χ1v) is 6.51. The summed E-state index contributed by atoms with van der Waals surface area (Å²) >= 11 is 0. The zero-order valence-corrected chi connectivity index (χ0v) is 10.2. The molecule has 0 saturated heterocycles. The quantitative estimate of drug-likeness (QED) is 0.616. The van der Waals surface area contributed by atoms with Gasteiger partial charge in [-0.25, -0.2) is 0 Å². The summed E-state index contributed by atoms with van der Waals surface area (Å²) < 4.78 is 0.